The first-order valence-corrected chi connectivity index (χ1v) is 10.9. The number of hydrogen-bond acceptors (Lipinski definition) is 5. The third-order valence-electron chi connectivity index (χ3n) is 4.67. The SMILES string of the molecule is CC1CC(CNC(=O)OC(C)(C)C)CN1C(=O)c1csc(-c2ccc(Cl)cc2)n1. The van der Waals surface area contributed by atoms with Crippen molar-refractivity contribution in [3.63, 3.8) is 0 Å². The number of hydrogen-bond donors (Lipinski definition) is 1. The van der Waals surface area contributed by atoms with Gasteiger partial charge in [-0.25, -0.2) is 9.78 Å². The van der Waals surface area contributed by atoms with E-state index in [9.17, 15) is 9.59 Å². The molecule has 2 unspecified atom stereocenters. The lowest BCUT2D eigenvalue weighted by molar-refractivity contribution is 0.0520. The standard InChI is InChI=1S/C21H26ClN3O3S/c1-13-9-14(10-23-20(27)28-21(2,3)4)11-25(13)19(26)17-12-29-18(24-17)15-5-7-16(22)8-6-15/h5-8,12-14H,9-11H2,1-4H3,(H,23,27). The van der Waals surface area contributed by atoms with Crippen LogP contribution in [0.3, 0.4) is 0 Å². The number of carbonyl (C=O) groups excluding carboxylic acids is 2. The molecule has 3 rings (SSSR count). The van der Waals surface area contributed by atoms with Crippen LogP contribution >= 0.6 is 22.9 Å². The largest absolute Gasteiger partial charge is 0.444 e. The van der Waals surface area contributed by atoms with Crippen LogP contribution < -0.4 is 5.32 Å². The van der Waals surface area contributed by atoms with Crippen molar-refractivity contribution in [2.45, 2.75) is 45.8 Å². The Morgan fingerprint density at radius 1 is 1.31 bits per heavy atom. The fraction of sp³-hybridized carbons (Fsp3) is 0.476. The first kappa shape index (κ1) is 21.6. The third kappa shape index (κ3) is 5.70. The lowest BCUT2D eigenvalue weighted by atomic mass is 10.1. The first-order chi connectivity index (χ1) is 13.6. The molecule has 0 radical (unpaired) electrons. The van der Waals surface area contributed by atoms with E-state index in [0.717, 1.165) is 17.0 Å². The molecule has 8 heteroatoms. The van der Waals surface area contributed by atoms with Gasteiger partial charge in [0, 0.05) is 35.1 Å². The fourth-order valence-electron chi connectivity index (χ4n) is 3.36. The number of benzene rings is 1. The number of rotatable bonds is 4. The zero-order valence-electron chi connectivity index (χ0n) is 17.1. The Morgan fingerprint density at radius 2 is 2.00 bits per heavy atom. The molecular formula is C21H26ClN3O3S. The second-order valence-electron chi connectivity index (χ2n) is 8.34. The molecule has 2 atom stereocenters. The molecule has 1 fully saturated rings. The molecule has 1 aliphatic heterocycles. The molecule has 2 amide bonds. The number of ether oxygens (including phenoxy) is 1. The van der Waals surface area contributed by atoms with E-state index < -0.39 is 11.7 Å². The van der Waals surface area contributed by atoms with E-state index >= 15 is 0 Å². The van der Waals surface area contributed by atoms with Crippen LogP contribution in [0.1, 0.15) is 44.6 Å². The first-order valence-electron chi connectivity index (χ1n) is 9.61. The zero-order valence-corrected chi connectivity index (χ0v) is 18.6. The van der Waals surface area contributed by atoms with Crippen molar-refractivity contribution in [1.29, 1.82) is 0 Å². The molecule has 1 saturated heterocycles. The average molecular weight is 436 g/mol. The van der Waals surface area contributed by atoms with Crippen molar-refractivity contribution >= 4 is 34.9 Å². The number of halogens is 1. The van der Waals surface area contributed by atoms with Gasteiger partial charge in [-0.3, -0.25) is 4.79 Å². The summed E-state index contributed by atoms with van der Waals surface area (Å²) < 4.78 is 5.27. The van der Waals surface area contributed by atoms with Gasteiger partial charge in [-0.05, 0) is 52.2 Å². The van der Waals surface area contributed by atoms with Gasteiger partial charge in [0.15, 0.2) is 0 Å². The van der Waals surface area contributed by atoms with E-state index in [1.807, 2.05) is 56.9 Å². The van der Waals surface area contributed by atoms with E-state index in [1.165, 1.54) is 11.3 Å². The van der Waals surface area contributed by atoms with Crippen LogP contribution in [0.15, 0.2) is 29.6 Å². The summed E-state index contributed by atoms with van der Waals surface area (Å²) in [6, 6.07) is 7.50. The zero-order chi connectivity index (χ0) is 21.2. The van der Waals surface area contributed by atoms with Gasteiger partial charge in [-0.2, -0.15) is 0 Å². The number of nitrogens with one attached hydrogen (secondary N) is 1. The molecule has 0 bridgehead atoms. The Bertz CT molecular complexity index is 876. The highest BCUT2D eigenvalue weighted by Crippen LogP contribution is 2.28. The van der Waals surface area contributed by atoms with Gasteiger partial charge in [0.1, 0.15) is 16.3 Å². The molecule has 156 valence electrons. The van der Waals surface area contributed by atoms with Crippen molar-refractivity contribution < 1.29 is 14.3 Å². The van der Waals surface area contributed by atoms with E-state index in [2.05, 4.69) is 10.3 Å². The summed E-state index contributed by atoms with van der Waals surface area (Å²) in [5, 5.41) is 6.06. The molecule has 2 aromatic rings. The molecule has 1 aliphatic rings. The van der Waals surface area contributed by atoms with Crippen molar-refractivity contribution in [3.8, 4) is 10.6 Å². The number of nitrogens with zero attached hydrogens (tertiary/aromatic N) is 2. The van der Waals surface area contributed by atoms with Crippen LogP contribution in [0.4, 0.5) is 4.79 Å². The lowest BCUT2D eigenvalue weighted by Crippen LogP contribution is -2.37. The molecule has 0 spiro atoms. The number of aromatic nitrogens is 1. The second-order valence-corrected chi connectivity index (χ2v) is 9.63. The Kier molecular flexibility index (Phi) is 6.49. The smallest absolute Gasteiger partial charge is 0.407 e. The van der Waals surface area contributed by atoms with Crippen LogP contribution in [0.25, 0.3) is 10.6 Å². The van der Waals surface area contributed by atoms with Crippen LogP contribution in [-0.2, 0) is 4.74 Å². The van der Waals surface area contributed by atoms with E-state index in [-0.39, 0.29) is 17.9 Å². The number of likely N-dealkylation sites (tertiary alicyclic amines) is 1. The molecule has 29 heavy (non-hydrogen) atoms. The summed E-state index contributed by atoms with van der Waals surface area (Å²) in [5.74, 6) is 0.115. The van der Waals surface area contributed by atoms with Crippen LogP contribution in [0.5, 0.6) is 0 Å². The van der Waals surface area contributed by atoms with Gasteiger partial charge in [0.2, 0.25) is 0 Å². The molecule has 0 saturated carbocycles. The monoisotopic (exact) mass is 435 g/mol. The summed E-state index contributed by atoms with van der Waals surface area (Å²) in [5.41, 5.74) is 0.862. The van der Waals surface area contributed by atoms with Crippen molar-refractivity contribution in [2.75, 3.05) is 13.1 Å². The van der Waals surface area contributed by atoms with Gasteiger partial charge in [-0.1, -0.05) is 23.7 Å². The maximum absolute atomic E-state index is 13.0. The van der Waals surface area contributed by atoms with Gasteiger partial charge in [-0.15, -0.1) is 11.3 Å². The Labute approximate surface area is 180 Å². The van der Waals surface area contributed by atoms with Crippen molar-refractivity contribution in [2.24, 2.45) is 5.92 Å². The lowest BCUT2D eigenvalue weighted by Gasteiger charge is -2.21. The van der Waals surface area contributed by atoms with Gasteiger partial charge in [0.25, 0.3) is 5.91 Å². The molecule has 1 N–H and O–H groups in total. The van der Waals surface area contributed by atoms with E-state index in [0.29, 0.717) is 23.8 Å². The van der Waals surface area contributed by atoms with E-state index in [4.69, 9.17) is 16.3 Å². The predicted molar refractivity (Wildman–Crippen MR) is 115 cm³/mol. The summed E-state index contributed by atoms with van der Waals surface area (Å²) in [4.78, 5) is 31.2. The van der Waals surface area contributed by atoms with Gasteiger partial charge < -0.3 is 15.0 Å². The molecule has 1 aromatic carbocycles. The van der Waals surface area contributed by atoms with Crippen LogP contribution in [0, 0.1) is 5.92 Å². The topological polar surface area (TPSA) is 71.5 Å². The molecular weight excluding hydrogens is 410 g/mol. The normalized spacial score (nSPS) is 19.3. The average Bonchev–Trinajstić information content (AvgIpc) is 3.26. The number of alkyl carbamates (subject to hydrolysis) is 1. The van der Waals surface area contributed by atoms with Crippen molar-refractivity contribution in [3.05, 3.63) is 40.4 Å². The maximum Gasteiger partial charge on any atom is 0.407 e. The quantitative estimate of drug-likeness (QED) is 0.745. The minimum absolute atomic E-state index is 0.0752. The second kappa shape index (κ2) is 8.71. The highest BCUT2D eigenvalue weighted by atomic mass is 35.5. The Morgan fingerprint density at radius 3 is 2.66 bits per heavy atom. The number of carbonyl (C=O) groups is 2. The van der Waals surface area contributed by atoms with Gasteiger partial charge >= 0.3 is 6.09 Å². The summed E-state index contributed by atoms with van der Waals surface area (Å²) >= 11 is 7.38. The fourth-order valence-corrected chi connectivity index (χ4v) is 4.29. The van der Waals surface area contributed by atoms with E-state index in [1.54, 1.807) is 5.38 Å². The van der Waals surface area contributed by atoms with Crippen molar-refractivity contribution in [1.82, 2.24) is 15.2 Å². The highest BCUT2D eigenvalue weighted by molar-refractivity contribution is 7.13. The maximum atomic E-state index is 13.0. The summed E-state index contributed by atoms with van der Waals surface area (Å²) in [7, 11) is 0. The summed E-state index contributed by atoms with van der Waals surface area (Å²) in [6.45, 7) is 8.59. The highest BCUT2D eigenvalue weighted by Gasteiger charge is 2.34. The Balaban J connectivity index is 1.59. The molecule has 2 heterocycles. The third-order valence-corrected chi connectivity index (χ3v) is 5.81. The molecule has 6 nitrogen and oxygen atoms in total. The molecule has 0 aliphatic carbocycles. The Hall–Kier alpha value is -2.12. The van der Waals surface area contributed by atoms with Gasteiger partial charge in [0.05, 0.1) is 0 Å². The minimum atomic E-state index is -0.526. The number of amides is 2. The molecule has 1 aromatic heterocycles. The van der Waals surface area contributed by atoms with Crippen LogP contribution in [0.2, 0.25) is 5.02 Å². The summed E-state index contributed by atoms with van der Waals surface area (Å²) in [6.07, 6.45) is 0.400. The number of thiazole rings is 1. The minimum Gasteiger partial charge on any atom is -0.444 e. The van der Waals surface area contributed by atoms with Crippen LogP contribution in [-0.4, -0.2) is 46.6 Å². The predicted octanol–water partition coefficient (Wildman–Crippen LogP) is 4.84.